The van der Waals surface area contributed by atoms with Crippen molar-refractivity contribution < 1.29 is 31.0 Å². The van der Waals surface area contributed by atoms with Crippen molar-refractivity contribution in [3.63, 3.8) is 0 Å². The molecule has 1 saturated heterocycles. The fourth-order valence-electron chi connectivity index (χ4n) is 3.46. The molecule has 0 spiro atoms. The molecule has 2 atom stereocenters. The Morgan fingerprint density at radius 3 is 2.13 bits per heavy atom. The van der Waals surface area contributed by atoms with Crippen molar-refractivity contribution in [3.05, 3.63) is 48.5 Å². The first-order valence-corrected chi connectivity index (χ1v) is 13.3. The van der Waals surface area contributed by atoms with Crippen molar-refractivity contribution in [2.24, 2.45) is 0 Å². The first-order valence-electron chi connectivity index (χ1n) is 9.92. The Labute approximate surface area is 183 Å². The van der Waals surface area contributed by atoms with Crippen LogP contribution in [-0.4, -0.2) is 66.5 Å². The Hall–Kier alpha value is -2.30. The van der Waals surface area contributed by atoms with Gasteiger partial charge in [-0.3, -0.25) is 0 Å². The summed E-state index contributed by atoms with van der Waals surface area (Å²) in [5.41, 5.74) is 0. The molecule has 2 aromatic carbocycles. The molecule has 0 aliphatic carbocycles. The number of hydrogen-bond donors (Lipinski definition) is 1. The van der Waals surface area contributed by atoms with E-state index < -0.39 is 36.7 Å². The van der Waals surface area contributed by atoms with E-state index >= 15 is 0 Å². The Morgan fingerprint density at radius 1 is 0.935 bits per heavy atom. The highest BCUT2D eigenvalue weighted by atomic mass is 32.2. The minimum atomic E-state index is -3.84. The van der Waals surface area contributed by atoms with E-state index in [2.05, 4.69) is 5.32 Å². The zero-order valence-corrected chi connectivity index (χ0v) is 19.1. The minimum absolute atomic E-state index is 0.0827. The summed E-state index contributed by atoms with van der Waals surface area (Å²) < 4.78 is 66.8. The fourth-order valence-corrected chi connectivity index (χ4v) is 8.18. The van der Waals surface area contributed by atoms with Crippen molar-refractivity contribution in [2.75, 3.05) is 38.4 Å². The molecule has 1 fully saturated rings. The number of ether oxygens (including phenoxy) is 3. The van der Waals surface area contributed by atoms with Crippen LogP contribution in [0.1, 0.15) is 6.92 Å². The summed E-state index contributed by atoms with van der Waals surface area (Å²) in [6.07, 6.45) is 0. The van der Waals surface area contributed by atoms with Crippen LogP contribution in [0.25, 0.3) is 0 Å². The largest absolute Gasteiger partial charge is 0.497 e. The molecule has 0 bridgehead atoms. The van der Waals surface area contributed by atoms with E-state index in [1.54, 1.807) is 43.5 Å². The number of nitrogens with one attached hydrogen (secondary N) is 1. The van der Waals surface area contributed by atoms with Crippen LogP contribution in [0.2, 0.25) is 0 Å². The molecule has 0 saturated carbocycles. The van der Waals surface area contributed by atoms with Crippen LogP contribution in [0.5, 0.6) is 17.2 Å². The molecule has 1 N–H and O–H groups in total. The molecule has 1 heterocycles. The Kier molecular flexibility index (Phi) is 7.45. The van der Waals surface area contributed by atoms with Crippen molar-refractivity contribution in [3.8, 4) is 17.2 Å². The summed E-state index contributed by atoms with van der Waals surface area (Å²) in [5.74, 6) is 1.28. The smallest absolute Gasteiger partial charge is 0.183 e. The van der Waals surface area contributed by atoms with E-state index in [9.17, 15) is 16.8 Å². The zero-order valence-electron chi connectivity index (χ0n) is 17.5. The maximum absolute atomic E-state index is 13.1. The number of sulfone groups is 2. The van der Waals surface area contributed by atoms with Gasteiger partial charge in [0.25, 0.3) is 0 Å². The van der Waals surface area contributed by atoms with Crippen molar-refractivity contribution in [1.82, 2.24) is 5.32 Å². The maximum atomic E-state index is 13.1. The van der Waals surface area contributed by atoms with Crippen LogP contribution in [-0.2, 0) is 19.7 Å². The van der Waals surface area contributed by atoms with Gasteiger partial charge < -0.3 is 19.5 Å². The highest BCUT2D eigenvalue weighted by molar-refractivity contribution is 7.96. The normalized spacial score (nSPS) is 20.3. The first-order chi connectivity index (χ1) is 14.7. The van der Waals surface area contributed by atoms with E-state index in [1.807, 2.05) is 6.92 Å². The molecule has 2 aromatic rings. The van der Waals surface area contributed by atoms with E-state index in [0.717, 1.165) is 0 Å². The average molecular weight is 470 g/mol. The lowest BCUT2D eigenvalue weighted by atomic mass is 10.2. The molecule has 10 heteroatoms. The fraction of sp³-hybridized carbons (Fsp3) is 0.429. The van der Waals surface area contributed by atoms with E-state index in [-0.39, 0.29) is 17.3 Å². The van der Waals surface area contributed by atoms with Crippen molar-refractivity contribution in [1.29, 1.82) is 0 Å². The first kappa shape index (κ1) is 23.4. The molecular weight excluding hydrogens is 442 g/mol. The van der Waals surface area contributed by atoms with Gasteiger partial charge in [0.05, 0.1) is 35.4 Å². The van der Waals surface area contributed by atoms with Gasteiger partial charge in [-0.25, -0.2) is 16.8 Å². The van der Waals surface area contributed by atoms with E-state index in [4.69, 9.17) is 14.2 Å². The van der Waals surface area contributed by atoms with Gasteiger partial charge in [0.1, 0.15) is 23.9 Å². The zero-order chi connectivity index (χ0) is 22.5. The van der Waals surface area contributed by atoms with Gasteiger partial charge in [0, 0.05) is 12.6 Å². The Balaban J connectivity index is 1.64. The number of methoxy groups -OCH3 is 1. The summed E-state index contributed by atoms with van der Waals surface area (Å²) in [6, 6.07) is 12.4. The number of hydrogen-bond acceptors (Lipinski definition) is 8. The van der Waals surface area contributed by atoms with Gasteiger partial charge in [-0.15, -0.1) is 0 Å². The van der Waals surface area contributed by atoms with Gasteiger partial charge >= 0.3 is 0 Å². The second-order valence-corrected chi connectivity index (χ2v) is 11.5. The molecule has 0 amide bonds. The van der Waals surface area contributed by atoms with Crippen LogP contribution in [0, 0.1) is 0 Å². The van der Waals surface area contributed by atoms with Gasteiger partial charge in [0.2, 0.25) is 0 Å². The van der Waals surface area contributed by atoms with E-state index in [1.165, 1.54) is 12.1 Å². The second kappa shape index (κ2) is 9.88. The van der Waals surface area contributed by atoms with Gasteiger partial charge in [-0.05, 0) is 55.5 Å². The summed E-state index contributed by atoms with van der Waals surface area (Å²) in [5, 5.41) is 2.00. The van der Waals surface area contributed by atoms with Crippen LogP contribution in [0.3, 0.4) is 0 Å². The lowest BCUT2D eigenvalue weighted by Gasteiger charge is -2.20. The third-order valence-corrected chi connectivity index (χ3v) is 9.17. The molecule has 1 aliphatic heterocycles. The van der Waals surface area contributed by atoms with Crippen LogP contribution in [0.4, 0.5) is 0 Å². The maximum Gasteiger partial charge on any atom is 0.183 e. The van der Waals surface area contributed by atoms with Gasteiger partial charge in [-0.2, -0.15) is 0 Å². The molecular formula is C21H27NO7S2. The quantitative estimate of drug-likeness (QED) is 0.524. The highest BCUT2D eigenvalue weighted by Gasteiger charge is 2.45. The lowest BCUT2D eigenvalue weighted by molar-refractivity contribution is 0.307. The molecule has 31 heavy (non-hydrogen) atoms. The Morgan fingerprint density at radius 2 is 1.52 bits per heavy atom. The van der Waals surface area contributed by atoms with E-state index in [0.29, 0.717) is 30.4 Å². The number of benzene rings is 2. The number of rotatable bonds is 10. The third-order valence-electron chi connectivity index (χ3n) is 5.00. The summed E-state index contributed by atoms with van der Waals surface area (Å²) in [7, 11) is -5.73. The Bertz CT molecular complexity index is 1070. The molecule has 0 unspecified atom stereocenters. The van der Waals surface area contributed by atoms with Crippen LogP contribution >= 0.6 is 0 Å². The topological polar surface area (TPSA) is 108 Å². The monoisotopic (exact) mass is 469 g/mol. The SMILES string of the molecule is CCOc1ccc(S(=O)(=O)[C@H]2CS(=O)(=O)C[C@@H]2NCCOc2ccc(OC)cc2)cc1. The molecule has 170 valence electrons. The lowest BCUT2D eigenvalue weighted by Crippen LogP contribution is -2.44. The second-order valence-electron chi connectivity index (χ2n) is 7.15. The molecule has 1 aliphatic rings. The standard InChI is InChI=1S/C21H27NO7S2/c1-3-28-17-8-10-19(11-9-17)31(25,26)21-15-30(23,24)14-20(21)22-12-13-29-18-6-4-16(27-2)5-7-18/h4-11,20-22H,3,12-15H2,1-2H3/t20-,21-/m0/s1. The van der Waals surface area contributed by atoms with Gasteiger partial charge in [-0.1, -0.05) is 0 Å². The molecule has 0 radical (unpaired) electrons. The van der Waals surface area contributed by atoms with Crippen LogP contribution in [0.15, 0.2) is 53.4 Å². The summed E-state index contributed by atoms with van der Waals surface area (Å²) in [6.45, 7) is 2.88. The van der Waals surface area contributed by atoms with Crippen molar-refractivity contribution in [2.45, 2.75) is 23.1 Å². The van der Waals surface area contributed by atoms with Crippen molar-refractivity contribution >= 4 is 19.7 Å². The predicted octanol–water partition coefficient (Wildman–Crippen LogP) is 1.70. The third kappa shape index (κ3) is 5.90. The summed E-state index contributed by atoms with van der Waals surface area (Å²) >= 11 is 0. The molecule has 8 nitrogen and oxygen atoms in total. The molecule has 3 rings (SSSR count). The highest BCUT2D eigenvalue weighted by Crippen LogP contribution is 2.27. The molecule has 0 aromatic heterocycles. The van der Waals surface area contributed by atoms with Gasteiger partial charge in [0.15, 0.2) is 19.7 Å². The summed E-state index contributed by atoms with van der Waals surface area (Å²) in [4.78, 5) is 0.0827. The minimum Gasteiger partial charge on any atom is -0.497 e. The average Bonchev–Trinajstić information content (AvgIpc) is 3.07. The predicted molar refractivity (Wildman–Crippen MR) is 118 cm³/mol. The van der Waals surface area contributed by atoms with Crippen LogP contribution < -0.4 is 19.5 Å².